The van der Waals surface area contributed by atoms with Crippen molar-refractivity contribution in [1.82, 2.24) is 9.97 Å². The maximum absolute atomic E-state index is 4.66. The Morgan fingerprint density at radius 3 is 2.86 bits per heavy atom. The van der Waals surface area contributed by atoms with Gasteiger partial charge in [-0.1, -0.05) is 24.3 Å². The first kappa shape index (κ1) is 13.9. The van der Waals surface area contributed by atoms with Crippen LogP contribution in [0.4, 0.5) is 11.8 Å². The third-order valence-corrected chi connectivity index (χ3v) is 3.95. The molecule has 1 atom stereocenters. The number of hydrogen-bond acceptors (Lipinski definition) is 4. The second kappa shape index (κ2) is 5.72. The van der Waals surface area contributed by atoms with E-state index in [1.807, 2.05) is 12.3 Å². The molecule has 1 aliphatic heterocycles. The van der Waals surface area contributed by atoms with E-state index < -0.39 is 0 Å². The Kier molecular flexibility index (Phi) is 3.78. The predicted molar refractivity (Wildman–Crippen MR) is 86.7 cm³/mol. The first-order chi connectivity index (χ1) is 10.1. The van der Waals surface area contributed by atoms with Gasteiger partial charge in [0, 0.05) is 18.8 Å². The molecule has 2 aromatic rings. The van der Waals surface area contributed by atoms with Crippen LogP contribution in [0.1, 0.15) is 37.9 Å². The van der Waals surface area contributed by atoms with Crippen molar-refractivity contribution in [2.24, 2.45) is 0 Å². The number of nitrogens with one attached hydrogen (secondary N) is 1. The van der Waals surface area contributed by atoms with Gasteiger partial charge in [0.1, 0.15) is 5.82 Å². The monoisotopic (exact) mass is 282 g/mol. The Morgan fingerprint density at radius 1 is 1.24 bits per heavy atom. The van der Waals surface area contributed by atoms with Gasteiger partial charge >= 0.3 is 0 Å². The van der Waals surface area contributed by atoms with E-state index in [-0.39, 0.29) is 0 Å². The Bertz CT molecular complexity index is 624. The Hall–Kier alpha value is -2.10. The van der Waals surface area contributed by atoms with Gasteiger partial charge in [0.15, 0.2) is 0 Å². The summed E-state index contributed by atoms with van der Waals surface area (Å²) in [4.78, 5) is 11.3. The van der Waals surface area contributed by atoms with Crippen LogP contribution < -0.4 is 10.2 Å². The highest BCUT2D eigenvalue weighted by Gasteiger charge is 2.24. The molecule has 1 N–H and O–H groups in total. The van der Waals surface area contributed by atoms with Gasteiger partial charge in [-0.25, -0.2) is 4.98 Å². The maximum Gasteiger partial charge on any atom is 0.224 e. The fraction of sp³-hybridized carbons (Fsp3) is 0.412. The van der Waals surface area contributed by atoms with E-state index >= 15 is 0 Å². The van der Waals surface area contributed by atoms with Crippen molar-refractivity contribution in [3.05, 3.63) is 47.7 Å². The van der Waals surface area contributed by atoms with Crippen LogP contribution in [0.2, 0.25) is 0 Å². The average molecular weight is 282 g/mol. The first-order valence-corrected chi connectivity index (χ1v) is 7.59. The molecular formula is C17H22N4. The van der Waals surface area contributed by atoms with Gasteiger partial charge < -0.3 is 10.2 Å². The van der Waals surface area contributed by atoms with Gasteiger partial charge in [0.2, 0.25) is 5.95 Å². The molecule has 2 heterocycles. The van der Waals surface area contributed by atoms with E-state index in [9.17, 15) is 0 Å². The molecule has 4 heteroatoms. The van der Waals surface area contributed by atoms with Crippen LogP contribution in [-0.2, 0) is 6.42 Å². The predicted octanol–water partition coefficient (Wildman–Crippen LogP) is 3.42. The molecule has 0 aliphatic carbocycles. The Labute approximate surface area is 126 Å². The molecule has 1 aliphatic rings. The lowest BCUT2D eigenvalue weighted by Gasteiger charge is -2.36. The largest absolute Gasteiger partial charge is 0.352 e. The van der Waals surface area contributed by atoms with Crippen LogP contribution in [0, 0.1) is 0 Å². The highest BCUT2D eigenvalue weighted by molar-refractivity contribution is 5.49. The molecular weight excluding hydrogens is 260 g/mol. The SMILES string of the molecule is CC(C)Nc1nccc(N2CCc3ccccc3[C@H]2C)n1. The number of nitrogens with zero attached hydrogens (tertiary/aromatic N) is 3. The summed E-state index contributed by atoms with van der Waals surface area (Å²) in [5.41, 5.74) is 2.86. The third kappa shape index (κ3) is 2.84. The second-order valence-electron chi connectivity index (χ2n) is 5.86. The van der Waals surface area contributed by atoms with E-state index in [1.165, 1.54) is 11.1 Å². The lowest BCUT2D eigenvalue weighted by molar-refractivity contribution is 0.616. The number of fused-ring (bicyclic) bond motifs is 1. The van der Waals surface area contributed by atoms with Crippen LogP contribution >= 0.6 is 0 Å². The van der Waals surface area contributed by atoms with Crippen LogP contribution in [0.3, 0.4) is 0 Å². The summed E-state index contributed by atoms with van der Waals surface area (Å²) in [6.45, 7) is 7.43. The molecule has 0 amide bonds. The topological polar surface area (TPSA) is 41.1 Å². The summed E-state index contributed by atoms with van der Waals surface area (Å²) in [5, 5.41) is 3.27. The number of benzene rings is 1. The molecule has 0 spiro atoms. The molecule has 0 saturated carbocycles. The number of rotatable bonds is 3. The van der Waals surface area contributed by atoms with Crippen molar-refractivity contribution in [3.63, 3.8) is 0 Å². The zero-order chi connectivity index (χ0) is 14.8. The first-order valence-electron chi connectivity index (χ1n) is 7.59. The van der Waals surface area contributed by atoms with Crippen molar-refractivity contribution in [2.75, 3.05) is 16.8 Å². The lowest BCUT2D eigenvalue weighted by Crippen LogP contribution is -2.34. The molecule has 3 rings (SSSR count). The highest BCUT2D eigenvalue weighted by atomic mass is 15.2. The van der Waals surface area contributed by atoms with Gasteiger partial charge in [0.25, 0.3) is 0 Å². The second-order valence-corrected chi connectivity index (χ2v) is 5.86. The van der Waals surface area contributed by atoms with Crippen molar-refractivity contribution in [3.8, 4) is 0 Å². The van der Waals surface area contributed by atoms with E-state index in [1.54, 1.807) is 0 Å². The number of aromatic nitrogens is 2. The molecule has 0 saturated heterocycles. The van der Waals surface area contributed by atoms with Crippen LogP contribution in [0.15, 0.2) is 36.5 Å². The molecule has 21 heavy (non-hydrogen) atoms. The summed E-state index contributed by atoms with van der Waals surface area (Å²) in [5.74, 6) is 1.70. The highest BCUT2D eigenvalue weighted by Crippen LogP contribution is 2.32. The van der Waals surface area contributed by atoms with Crippen molar-refractivity contribution >= 4 is 11.8 Å². The van der Waals surface area contributed by atoms with Gasteiger partial charge in [-0.3, -0.25) is 0 Å². The number of hydrogen-bond donors (Lipinski definition) is 1. The van der Waals surface area contributed by atoms with Crippen molar-refractivity contribution < 1.29 is 0 Å². The fourth-order valence-corrected chi connectivity index (χ4v) is 2.92. The van der Waals surface area contributed by atoms with Gasteiger partial charge in [-0.05, 0) is 44.4 Å². The summed E-state index contributed by atoms with van der Waals surface area (Å²) < 4.78 is 0. The molecule has 0 bridgehead atoms. The van der Waals surface area contributed by atoms with E-state index in [4.69, 9.17) is 0 Å². The molecule has 0 radical (unpaired) electrons. The van der Waals surface area contributed by atoms with E-state index in [2.05, 4.69) is 65.2 Å². The summed E-state index contributed by atoms with van der Waals surface area (Å²) in [6.07, 6.45) is 2.90. The number of anilines is 2. The molecule has 110 valence electrons. The summed E-state index contributed by atoms with van der Waals surface area (Å²) in [6, 6.07) is 11.4. The minimum Gasteiger partial charge on any atom is -0.352 e. The van der Waals surface area contributed by atoms with Gasteiger partial charge in [0.05, 0.1) is 6.04 Å². The molecule has 0 fully saturated rings. The Morgan fingerprint density at radius 2 is 2.05 bits per heavy atom. The zero-order valence-electron chi connectivity index (χ0n) is 12.9. The summed E-state index contributed by atoms with van der Waals surface area (Å²) in [7, 11) is 0. The lowest BCUT2D eigenvalue weighted by atomic mass is 9.94. The van der Waals surface area contributed by atoms with E-state index in [0.717, 1.165) is 18.8 Å². The van der Waals surface area contributed by atoms with Crippen LogP contribution in [-0.4, -0.2) is 22.6 Å². The third-order valence-electron chi connectivity index (χ3n) is 3.95. The zero-order valence-corrected chi connectivity index (χ0v) is 12.9. The van der Waals surface area contributed by atoms with Gasteiger partial charge in [-0.2, -0.15) is 4.98 Å². The average Bonchev–Trinajstić information content (AvgIpc) is 2.47. The maximum atomic E-state index is 4.66. The molecule has 0 unspecified atom stereocenters. The quantitative estimate of drug-likeness (QED) is 0.936. The van der Waals surface area contributed by atoms with Crippen molar-refractivity contribution in [1.29, 1.82) is 0 Å². The van der Waals surface area contributed by atoms with Crippen LogP contribution in [0.5, 0.6) is 0 Å². The van der Waals surface area contributed by atoms with Gasteiger partial charge in [-0.15, -0.1) is 0 Å². The smallest absolute Gasteiger partial charge is 0.224 e. The molecule has 4 nitrogen and oxygen atoms in total. The minimum atomic E-state index is 0.333. The van der Waals surface area contributed by atoms with Crippen molar-refractivity contribution in [2.45, 2.75) is 39.3 Å². The minimum absolute atomic E-state index is 0.333. The Balaban J connectivity index is 1.88. The standard InChI is InChI=1S/C17H22N4/c1-12(2)19-17-18-10-8-16(20-17)21-11-9-14-6-4-5-7-15(14)13(21)3/h4-8,10,12-13H,9,11H2,1-3H3,(H,18,19,20)/t13-/m1/s1. The van der Waals surface area contributed by atoms with Crippen LogP contribution in [0.25, 0.3) is 0 Å². The molecule has 1 aromatic heterocycles. The summed E-state index contributed by atoms with van der Waals surface area (Å²) >= 11 is 0. The normalized spacial score (nSPS) is 17.7. The molecule has 1 aromatic carbocycles. The fourth-order valence-electron chi connectivity index (χ4n) is 2.92. The van der Waals surface area contributed by atoms with E-state index in [0.29, 0.717) is 18.0 Å².